The van der Waals surface area contributed by atoms with Crippen molar-refractivity contribution in [2.75, 3.05) is 0 Å². The maximum atomic E-state index is 12.2. The fourth-order valence-corrected chi connectivity index (χ4v) is 1.28. The lowest BCUT2D eigenvalue weighted by molar-refractivity contribution is -0.510. The highest BCUT2D eigenvalue weighted by molar-refractivity contribution is 7.86. The summed E-state index contributed by atoms with van der Waals surface area (Å²) in [5, 5.41) is -5.11. The molecule has 0 bridgehead atoms. The van der Waals surface area contributed by atoms with E-state index in [0.717, 1.165) is 0 Å². The highest BCUT2D eigenvalue weighted by Gasteiger charge is 2.83. The molecule has 22 heavy (non-hydrogen) atoms. The zero-order chi connectivity index (χ0) is 18.0. The van der Waals surface area contributed by atoms with Gasteiger partial charge in [0.05, 0.1) is 12.4 Å². The highest BCUT2D eigenvalue weighted by atomic mass is 32.2. The predicted octanol–water partition coefficient (Wildman–Crippen LogP) is 1.55. The summed E-state index contributed by atoms with van der Waals surface area (Å²) in [6.07, 6.45) is 0.838. The van der Waals surface area contributed by atoms with Gasteiger partial charge in [-0.3, -0.25) is 5.32 Å². The number of hydrogen-bond donors (Lipinski definition) is 1. The quantitative estimate of drug-likeness (QED) is 0.608. The van der Waals surface area contributed by atoms with Crippen LogP contribution in [0.15, 0.2) is 24.6 Å². The standard InChI is InChI=1S/C4HF9O3S.C4H5N/c5-1(6,3(9,10)11)2(7,8)4(12,13)17(14,15)16;1-2-4-5-3-1/h(H,14,15,16);1-5H. The summed E-state index contributed by atoms with van der Waals surface area (Å²) in [7, 11) is -7.42. The Bertz CT molecular complexity index is 540. The summed E-state index contributed by atoms with van der Waals surface area (Å²) < 4.78 is 135. The first kappa shape index (κ1) is 20.7. The lowest BCUT2D eigenvalue weighted by Crippen LogP contribution is -2.69. The fraction of sp³-hybridized carbons (Fsp3) is 0.500. The van der Waals surface area contributed by atoms with Crippen LogP contribution in [0.25, 0.3) is 0 Å². The van der Waals surface area contributed by atoms with Gasteiger partial charge in [0.25, 0.3) is 0 Å². The van der Waals surface area contributed by atoms with E-state index in [9.17, 15) is 52.5 Å². The molecule has 1 aliphatic heterocycles. The molecule has 1 heterocycles. The van der Waals surface area contributed by atoms with E-state index in [1.165, 1.54) is 0 Å². The Morgan fingerprint density at radius 2 is 1.14 bits per heavy atom. The molecule has 0 aromatic heterocycles. The topological polar surface area (TPSA) is 73.8 Å². The molecule has 0 saturated carbocycles. The van der Waals surface area contributed by atoms with Crippen LogP contribution in [0.4, 0.5) is 39.5 Å². The van der Waals surface area contributed by atoms with Crippen LogP contribution in [0.3, 0.4) is 0 Å². The third-order valence-electron chi connectivity index (χ3n) is 1.99. The second-order valence-electron chi connectivity index (χ2n) is 3.58. The molecule has 0 radical (unpaired) electrons. The van der Waals surface area contributed by atoms with Gasteiger partial charge in [0.15, 0.2) is 10.1 Å². The molecule has 0 amide bonds. The van der Waals surface area contributed by atoms with Crippen LogP contribution < -0.4 is 5.32 Å². The SMILES string of the molecule is C1=C[NH2+]C=C1.O=S(=O)([O-])C(F)(F)C(F)(F)C(F)(F)C(F)(F)F. The maximum Gasteiger partial charge on any atom is 0.460 e. The van der Waals surface area contributed by atoms with Crippen molar-refractivity contribution in [2.24, 2.45) is 0 Å². The molecular formula is C8H6F9NO3S. The van der Waals surface area contributed by atoms with Crippen LogP contribution in [-0.4, -0.2) is 36.2 Å². The molecule has 0 spiro atoms. The largest absolute Gasteiger partial charge is 0.743 e. The van der Waals surface area contributed by atoms with Crippen molar-refractivity contribution >= 4 is 10.1 Å². The molecule has 0 aliphatic carbocycles. The second-order valence-corrected chi connectivity index (χ2v) is 5.00. The lowest BCUT2D eigenvalue weighted by atomic mass is 10.1. The van der Waals surface area contributed by atoms with Gasteiger partial charge >= 0.3 is 23.3 Å². The molecule has 0 aromatic rings. The average Bonchev–Trinajstić information content (AvgIpc) is 2.83. The molecular weight excluding hydrogens is 361 g/mol. The van der Waals surface area contributed by atoms with Gasteiger partial charge in [-0.1, -0.05) is 0 Å². The zero-order valence-electron chi connectivity index (χ0n) is 9.92. The lowest BCUT2D eigenvalue weighted by Gasteiger charge is -2.34. The molecule has 0 fully saturated rings. The zero-order valence-corrected chi connectivity index (χ0v) is 10.7. The van der Waals surface area contributed by atoms with E-state index in [1.807, 2.05) is 29.9 Å². The van der Waals surface area contributed by atoms with Crippen LogP contribution >= 0.6 is 0 Å². The number of hydrogen-bond acceptors (Lipinski definition) is 3. The van der Waals surface area contributed by atoms with E-state index >= 15 is 0 Å². The summed E-state index contributed by atoms with van der Waals surface area (Å²) in [6.45, 7) is 0. The van der Waals surface area contributed by atoms with E-state index in [0.29, 0.717) is 0 Å². The van der Waals surface area contributed by atoms with Crippen molar-refractivity contribution in [3.8, 4) is 0 Å². The first-order valence-corrected chi connectivity index (χ1v) is 6.23. The van der Waals surface area contributed by atoms with E-state index in [4.69, 9.17) is 0 Å². The summed E-state index contributed by atoms with van der Waals surface area (Å²) in [5.41, 5.74) is 0. The Hall–Kier alpha value is -1.28. The van der Waals surface area contributed by atoms with Gasteiger partial charge < -0.3 is 4.55 Å². The third kappa shape index (κ3) is 3.73. The highest BCUT2D eigenvalue weighted by Crippen LogP contribution is 2.54. The first-order chi connectivity index (χ1) is 9.50. The van der Waals surface area contributed by atoms with Crippen LogP contribution in [0, 0.1) is 0 Å². The fourth-order valence-electron chi connectivity index (χ4n) is 0.839. The van der Waals surface area contributed by atoms with Gasteiger partial charge in [0, 0.05) is 0 Å². The average molecular weight is 367 g/mol. The molecule has 2 N–H and O–H groups in total. The molecule has 1 rings (SSSR count). The van der Waals surface area contributed by atoms with Gasteiger partial charge in [0.2, 0.25) is 0 Å². The molecule has 1 aliphatic rings. The number of alkyl halides is 9. The van der Waals surface area contributed by atoms with E-state index < -0.39 is 33.4 Å². The number of rotatable bonds is 3. The predicted molar refractivity (Wildman–Crippen MR) is 50.8 cm³/mol. The minimum Gasteiger partial charge on any atom is -0.743 e. The van der Waals surface area contributed by atoms with Crippen molar-refractivity contribution in [1.82, 2.24) is 0 Å². The molecule has 130 valence electrons. The summed E-state index contributed by atoms with van der Waals surface area (Å²) >= 11 is 0. The van der Waals surface area contributed by atoms with Gasteiger partial charge in [-0.15, -0.1) is 0 Å². The number of halogens is 9. The molecule has 14 heteroatoms. The third-order valence-corrected chi connectivity index (χ3v) is 2.87. The Kier molecular flexibility index (Phi) is 5.72. The van der Waals surface area contributed by atoms with E-state index in [-0.39, 0.29) is 0 Å². The molecule has 0 saturated heterocycles. The van der Waals surface area contributed by atoms with Crippen molar-refractivity contribution in [3.05, 3.63) is 24.6 Å². The smallest absolute Gasteiger partial charge is 0.460 e. The normalized spacial score (nSPS) is 16.5. The van der Waals surface area contributed by atoms with Gasteiger partial charge in [-0.25, -0.2) is 8.42 Å². The van der Waals surface area contributed by atoms with Crippen LogP contribution in [0.1, 0.15) is 0 Å². The summed E-state index contributed by atoms with van der Waals surface area (Å²) in [6, 6.07) is 0. The number of quaternary nitrogens is 1. The van der Waals surface area contributed by atoms with Gasteiger partial charge in [-0.05, 0) is 12.2 Å². The summed E-state index contributed by atoms with van der Waals surface area (Å²) in [4.78, 5) is 0. The Morgan fingerprint density at radius 3 is 1.32 bits per heavy atom. The van der Waals surface area contributed by atoms with Crippen molar-refractivity contribution in [1.29, 1.82) is 0 Å². The van der Waals surface area contributed by atoms with Crippen molar-refractivity contribution < 1.29 is 57.8 Å². The Balaban J connectivity index is 0.000000734. The monoisotopic (exact) mass is 367 g/mol. The van der Waals surface area contributed by atoms with Gasteiger partial charge in [0.1, 0.15) is 0 Å². The Morgan fingerprint density at radius 1 is 0.773 bits per heavy atom. The Labute approximate surface area is 117 Å². The van der Waals surface area contributed by atoms with Crippen molar-refractivity contribution in [2.45, 2.75) is 23.3 Å². The minimum atomic E-state index is -7.43. The molecule has 0 atom stereocenters. The number of nitrogens with two attached hydrogens (primary N) is 1. The molecule has 4 nitrogen and oxygen atoms in total. The first-order valence-electron chi connectivity index (χ1n) is 4.82. The van der Waals surface area contributed by atoms with E-state index in [1.54, 1.807) is 0 Å². The van der Waals surface area contributed by atoms with Crippen molar-refractivity contribution in [3.63, 3.8) is 0 Å². The molecule has 0 aromatic carbocycles. The van der Waals surface area contributed by atoms with Crippen LogP contribution in [0.2, 0.25) is 0 Å². The number of allylic oxidation sites excluding steroid dienone is 2. The second kappa shape index (κ2) is 6.08. The van der Waals surface area contributed by atoms with Gasteiger partial charge in [-0.2, -0.15) is 39.5 Å². The molecule has 0 unspecified atom stereocenters. The minimum absolute atomic E-state index is 2.00. The maximum absolute atomic E-state index is 12.2. The van der Waals surface area contributed by atoms with Crippen LogP contribution in [-0.2, 0) is 10.1 Å². The van der Waals surface area contributed by atoms with Crippen LogP contribution in [0.5, 0.6) is 0 Å². The van der Waals surface area contributed by atoms with E-state index in [2.05, 4.69) is 0 Å². The summed E-state index contributed by atoms with van der Waals surface area (Å²) in [5.74, 6) is -14.8.